The molecule has 0 radical (unpaired) electrons. The van der Waals surface area contributed by atoms with Crippen molar-refractivity contribution in [1.82, 2.24) is 0 Å². The zero-order valence-electron chi connectivity index (χ0n) is 8.97. The minimum Gasteiger partial charge on any atom is -0.306 e. The summed E-state index contributed by atoms with van der Waals surface area (Å²) in [5.41, 5.74) is 1.21. The molecule has 0 aromatic rings. The molecule has 2 nitrogen and oxygen atoms in total. The number of hydrogen-bond donors (Lipinski definition) is 2. The minimum absolute atomic E-state index is 0.526. The summed E-state index contributed by atoms with van der Waals surface area (Å²) in [4.78, 5) is 0. The van der Waals surface area contributed by atoms with Gasteiger partial charge in [-0.1, -0.05) is 32.1 Å². The summed E-state index contributed by atoms with van der Waals surface area (Å²) in [6.07, 6.45) is 11.0. The molecule has 0 bridgehead atoms. The van der Waals surface area contributed by atoms with E-state index in [1.807, 2.05) is 0 Å². The number of allylic oxidation sites excluding steroid dienone is 2. The Bertz CT molecular complexity index is 235. The predicted octanol–water partition coefficient (Wildman–Crippen LogP) is 3.57. The second kappa shape index (κ2) is 5.74. The zero-order chi connectivity index (χ0) is 10.4. The van der Waals surface area contributed by atoms with Gasteiger partial charge in [-0.25, -0.2) is 0 Å². The third-order valence-corrected chi connectivity index (χ3v) is 2.77. The summed E-state index contributed by atoms with van der Waals surface area (Å²) >= 11 is 0. The van der Waals surface area contributed by atoms with E-state index in [1.165, 1.54) is 32.1 Å². The number of rotatable bonds is 4. The van der Waals surface area contributed by atoms with Crippen LogP contribution < -0.4 is 0 Å². The van der Waals surface area contributed by atoms with Gasteiger partial charge in [0.1, 0.15) is 0 Å². The Morgan fingerprint density at radius 3 is 2.36 bits per heavy atom. The molecule has 14 heavy (non-hydrogen) atoms. The second-order valence-corrected chi connectivity index (χ2v) is 4.25. The molecule has 1 aliphatic carbocycles. The Morgan fingerprint density at radius 1 is 1.14 bits per heavy atom. The molecule has 1 fully saturated rings. The van der Waals surface area contributed by atoms with Gasteiger partial charge in [-0.05, 0) is 31.4 Å². The quantitative estimate of drug-likeness (QED) is 0.640. The van der Waals surface area contributed by atoms with Crippen molar-refractivity contribution in [3.05, 3.63) is 12.2 Å². The van der Waals surface area contributed by atoms with E-state index < -0.39 is 0 Å². The lowest BCUT2D eigenvalue weighted by Gasteiger charge is -2.20. The first kappa shape index (κ1) is 11.2. The van der Waals surface area contributed by atoms with Crippen LogP contribution in [0.3, 0.4) is 0 Å². The van der Waals surface area contributed by atoms with Crippen LogP contribution in [0.15, 0.2) is 12.2 Å². The van der Waals surface area contributed by atoms with E-state index in [1.54, 1.807) is 19.1 Å². The lowest BCUT2D eigenvalue weighted by molar-refractivity contribution is 0.368. The molecule has 2 N–H and O–H groups in total. The molecule has 0 amide bonds. The number of nitrogens with one attached hydrogen (secondary N) is 2. The first-order valence-corrected chi connectivity index (χ1v) is 5.49. The highest BCUT2D eigenvalue weighted by atomic mass is 14.4. The normalized spacial score (nSPS) is 18.6. The van der Waals surface area contributed by atoms with Gasteiger partial charge in [-0.2, -0.15) is 0 Å². The molecule has 1 aliphatic rings. The van der Waals surface area contributed by atoms with Crippen LogP contribution in [0.4, 0.5) is 0 Å². The molecular formula is C12H20N2. The predicted molar refractivity (Wildman–Crippen MR) is 61.5 cm³/mol. The van der Waals surface area contributed by atoms with Crippen LogP contribution in [0.25, 0.3) is 0 Å². The average Bonchev–Trinajstić information content (AvgIpc) is 2.16. The van der Waals surface area contributed by atoms with Crippen molar-refractivity contribution < 1.29 is 0 Å². The Balaban J connectivity index is 2.28. The molecule has 2 heteroatoms. The zero-order valence-corrected chi connectivity index (χ0v) is 8.97. The third kappa shape index (κ3) is 4.35. The molecule has 78 valence electrons. The van der Waals surface area contributed by atoms with Gasteiger partial charge >= 0.3 is 0 Å². The molecule has 0 aromatic heterocycles. The van der Waals surface area contributed by atoms with Crippen molar-refractivity contribution in [2.45, 2.75) is 45.4 Å². The Labute approximate surface area is 86.4 Å². The first-order chi connectivity index (χ1) is 6.68. The van der Waals surface area contributed by atoms with Crippen molar-refractivity contribution in [3.8, 4) is 0 Å². The van der Waals surface area contributed by atoms with E-state index in [0.717, 1.165) is 12.3 Å². The van der Waals surface area contributed by atoms with Crippen molar-refractivity contribution in [1.29, 1.82) is 10.8 Å². The van der Waals surface area contributed by atoms with Gasteiger partial charge in [-0.15, -0.1) is 0 Å². The van der Waals surface area contributed by atoms with Crippen molar-refractivity contribution in [2.24, 2.45) is 5.92 Å². The maximum absolute atomic E-state index is 7.73. The second-order valence-electron chi connectivity index (χ2n) is 4.25. The summed E-state index contributed by atoms with van der Waals surface area (Å²) in [5, 5.41) is 15.0. The molecule has 0 atom stereocenters. The molecule has 0 aliphatic heterocycles. The molecule has 0 saturated heterocycles. The largest absolute Gasteiger partial charge is 0.306 e. The van der Waals surface area contributed by atoms with Gasteiger partial charge in [-0.3, -0.25) is 0 Å². The highest BCUT2D eigenvalue weighted by Gasteiger charge is 2.13. The van der Waals surface area contributed by atoms with Crippen LogP contribution in [0, 0.1) is 16.7 Å². The van der Waals surface area contributed by atoms with E-state index in [0.29, 0.717) is 11.4 Å². The highest BCUT2D eigenvalue weighted by Crippen LogP contribution is 2.26. The molecular weight excluding hydrogens is 172 g/mol. The van der Waals surface area contributed by atoms with Gasteiger partial charge in [0, 0.05) is 11.4 Å². The average molecular weight is 192 g/mol. The van der Waals surface area contributed by atoms with Gasteiger partial charge in [0.2, 0.25) is 0 Å². The Kier molecular flexibility index (Phi) is 4.57. The Morgan fingerprint density at radius 2 is 1.79 bits per heavy atom. The maximum Gasteiger partial charge on any atom is 0.0317 e. The molecule has 0 spiro atoms. The lowest BCUT2D eigenvalue weighted by atomic mass is 9.85. The van der Waals surface area contributed by atoms with E-state index in [2.05, 4.69) is 0 Å². The van der Waals surface area contributed by atoms with Gasteiger partial charge < -0.3 is 10.8 Å². The summed E-state index contributed by atoms with van der Waals surface area (Å²) in [6, 6.07) is 0. The van der Waals surface area contributed by atoms with Crippen molar-refractivity contribution >= 4 is 11.4 Å². The summed E-state index contributed by atoms with van der Waals surface area (Å²) < 4.78 is 0. The lowest BCUT2D eigenvalue weighted by Crippen LogP contribution is -2.10. The molecule has 1 rings (SSSR count). The van der Waals surface area contributed by atoms with Crippen molar-refractivity contribution in [3.63, 3.8) is 0 Å². The smallest absolute Gasteiger partial charge is 0.0317 e. The minimum atomic E-state index is 0.526. The fourth-order valence-corrected chi connectivity index (χ4v) is 2.00. The van der Waals surface area contributed by atoms with E-state index >= 15 is 0 Å². The van der Waals surface area contributed by atoms with E-state index in [9.17, 15) is 0 Å². The number of hydrogen-bond acceptors (Lipinski definition) is 2. The molecule has 1 saturated carbocycles. The first-order valence-electron chi connectivity index (χ1n) is 5.49. The van der Waals surface area contributed by atoms with Crippen molar-refractivity contribution in [2.75, 3.05) is 0 Å². The molecule has 0 heterocycles. The topological polar surface area (TPSA) is 47.7 Å². The summed E-state index contributed by atoms with van der Waals surface area (Å²) in [6.45, 7) is 1.74. The van der Waals surface area contributed by atoms with Crippen LogP contribution in [0.2, 0.25) is 0 Å². The van der Waals surface area contributed by atoms with Gasteiger partial charge in [0.15, 0.2) is 0 Å². The van der Waals surface area contributed by atoms with E-state index in [4.69, 9.17) is 10.8 Å². The highest BCUT2D eigenvalue weighted by molar-refractivity contribution is 6.00. The van der Waals surface area contributed by atoms with Crippen LogP contribution >= 0.6 is 0 Å². The fraction of sp³-hybridized carbons (Fsp3) is 0.667. The standard InChI is InChI=1S/C12H20N2/c1-10(13)7-8-12(14)9-11-5-3-2-4-6-11/h7-8,11,13-14H,2-6,9H2,1H3/b8-7-,13-10?,14-12?. The summed E-state index contributed by atoms with van der Waals surface area (Å²) in [5.74, 6) is 0.729. The monoisotopic (exact) mass is 192 g/mol. The SMILES string of the molecule is CC(=N)/C=C\C(=N)CC1CCCCC1. The Hall–Kier alpha value is -0.920. The summed E-state index contributed by atoms with van der Waals surface area (Å²) in [7, 11) is 0. The van der Waals surface area contributed by atoms with Crippen LogP contribution in [-0.2, 0) is 0 Å². The fourth-order valence-electron chi connectivity index (χ4n) is 2.00. The maximum atomic E-state index is 7.73. The van der Waals surface area contributed by atoms with Crippen LogP contribution in [-0.4, -0.2) is 11.4 Å². The third-order valence-electron chi connectivity index (χ3n) is 2.77. The van der Waals surface area contributed by atoms with Gasteiger partial charge in [0.05, 0.1) is 0 Å². The molecule has 0 unspecified atom stereocenters. The van der Waals surface area contributed by atoms with Crippen LogP contribution in [0.1, 0.15) is 45.4 Å². The van der Waals surface area contributed by atoms with E-state index in [-0.39, 0.29) is 0 Å². The van der Waals surface area contributed by atoms with Gasteiger partial charge in [0.25, 0.3) is 0 Å². The molecule has 0 aromatic carbocycles. The van der Waals surface area contributed by atoms with Crippen LogP contribution in [0.5, 0.6) is 0 Å².